The van der Waals surface area contributed by atoms with Gasteiger partial charge in [-0.2, -0.15) is 0 Å². The van der Waals surface area contributed by atoms with Crippen LogP contribution in [0.3, 0.4) is 0 Å². The number of rotatable bonds is 3. The van der Waals surface area contributed by atoms with E-state index in [0.717, 1.165) is 27.9 Å². The third-order valence-corrected chi connectivity index (χ3v) is 3.67. The van der Waals surface area contributed by atoms with Gasteiger partial charge in [0.2, 0.25) is 0 Å². The second-order valence-corrected chi connectivity index (χ2v) is 5.11. The summed E-state index contributed by atoms with van der Waals surface area (Å²) in [6.45, 7) is 3.97. The third kappa shape index (κ3) is 2.09. The van der Waals surface area contributed by atoms with E-state index < -0.39 is 0 Å². The number of thiazole rings is 1. The lowest BCUT2D eigenvalue weighted by molar-refractivity contribution is 0.163. The predicted molar refractivity (Wildman–Crippen MR) is 53.9 cm³/mol. The average Bonchev–Trinajstić information content (AvgIpc) is 2.77. The fraction of sp³-hybridized carbons (Fsp3) is 0.700. The molecule has 1 N–H and O–H groups in total. The monoisotopic (exact) mass is 197 g/mol. The van der Waals surface area contributed by atoms with E-state index in [4.69, 9.17) is 0 Å². The lowest BCUT2D eigenvalue weighted by atomic mass is 10.1. The van der Waals surface area contributed by atoms with Gasteiger partial charge in [0.05, 0.1) is 21.7 Å². The van der Waals surface area contributed by atoms with Gasteiger partial charge in [0.1, 0.15) is 0 Å². The maximum absolute atomic E-state index is 9.90. The topological polar surface area (TPSA) is 33.1 Å². The van der Waals surface area contributed by atoms with Gasteiger partial charge in [-0.05, 0) is 26.2 Å². The normalized spacial score (nSPS) is 19.0. The van der Waals surface area contributed by atoms with E-state index >= 15 is 0 Å². The first kappa shape index (κ1) is 9.16. The molecule has 1 saturated carbocycles. The van der Waals surface area contributed by atoms with Gasteiger partial charge >= 0.3 is 0 Å². The fourth-order valence-corrected chi connectivity index (χ4v) is 2.56. The highest BCUT2D eigenvalue weighted by molar-refractivity contribution is 7.11. The van der Waals surface area contributed by atoms with Gasteiger partial charge in [-0.25, -0.2) is 4.98 Å². The molecule has 1 aliphatic rings. The first-order valence-electron chi connectivity index (χ1n) is 4.79. The van der Waals surface area contributed by atoms with Gasteiger partial charge in [-0.3, -0.25) is 0 Å². The maximum Gasteiger partial charge on any atom is 0.0903 e. The van der Waals surface area contributed by atoms with Crippen LogP contribution in [0.1, 0.15) is 40.9 Å². The van der Waals surface area contributed by atoms with Crippen LogP contribution in [0.4, 0.5) is 0 Å². The van der Waals surface area contributed by atoms with Crippen molar-refractivity contribution in [3.63, 3.8) is 0 Å². The Kier molecular flexibility index (Phi) is 2.39. The summed E-state index contributed by atoms with van der Waals surface area (Å²) in [5.74, 6) is 0.775. The summed E-state index contributed by atoms with van der Waals surface area (Å²) in [6.07, 6.45) is 3.27. The zero-order valence-corrected chi connectivity index (χ0v) is 8.90. The third-order valence-electron chi connectivity index (χ3n) is 2.50. The minimum Gasteiger partial charge on any atom is -0.387 e. The standard InChI is InChI=1S/C10H15NOS/c1-6-10(13-7(2)11-6)9(12)5-8-3-4-8/h8-9,12H,3-5H2,1-2H3. The molecule has 2 nitrogen and oxygen atoms in total. The molecule has 1 aromatic rings. The Hall–Kier alpha value is -0.410. The van der Waals surface area contributed by atoms with Crippen molar-refractivity contribution in [3.05, 3.63) is 15.6 Å². The van der Waals surface area contributed by atoms with Crippen molar-refractivity contribution < 1.29 is 5.11 Å². The summed E-state index contributed by atoms with van der Waals surface area (Å²) in [7, 11) is 0. The van der Waals surface area contributed by atoms with Crippen LogP contribution in [0, 0.1) is 19.8 Å². The summed E-state index contributed by atoms with van der Waals surface area (Å²) in [4.78, 5) is 5.39. The molecule has 0 saturated heterocycles. The van der Waals surface area contributed by atoms with Gasteiger partial charge in [0.15, 0.2) is 0 Å². The van der Waals surface area contributed by atoms with Crippen molar-refractivity contribution >= 4 is 11.3 Å². The molecule has 0 amide bonds. The molecule has 72 valence electrons. The van der Waals surface area contributed by atoms with Crippen molar-refractivity contribution in [2.45, 2.75) is 39.2 Å². The lowest BCUT2D eigenvalue weighted by Gasteiger charge is -2.07. The largest absolute Gasteiger partial charge is 0.387 e. The molecule has 0 aliphatic heterocycles. The van der Waals surface area contributed by atoms with E-state index in [9.17, 15) is 5.11 Å². The Morgan fingerprint density at radius 1 is 1.54 bits per heavy atom. The lowest BCUT2D eigenvalue weighted by Crippen LogP contribution is -1.97. The quantitative estimate of drug-likeness (QED) is 0.808. The molecule has 0 spiro atoms. The Morgan fingerprint density at radius 3 is 2.69 bits per heavy atom. The van der Waals surface area contributed by atoms with E-state index in [1.54, 1.807) is 11.3 Å². The van der Waals surface area contributed by atoms with E-state index in [1.807, 2.05) is 13.8 Å². The SMILES string of the molecule is Cc1nc(C)c(C(O)CC2CC2)s1. The molecule has 1 aromatic heterocycles. The van der Waals surface area contributed by atoms with Crippen molar-refractivity contribution in [1.82, 2.24) is 4.98 Å². The second kappa shape index (κ2) is 3.39. The van der Waals surface area contributed by atoms with Gasteiger partial charge in [0, 0.05) is 0 Å². The fourth-order valence-electron chi connectivity index (χ4n) is 1.63. The number of nitrogens with zero attached hydrogens (tertiary/aromatic N) is 1. The van der Waals surface area contributed by atoms with Crippen LogP contribution in [0.25, 0.3) is 0 Å². The summed E-state index contributed by atoms with van der Waals surface area (Å²) in [5.41, 5.74) is 1.01. The summed E-state index contributed by atoms with van der Waals surface area (Å²) < 4.78 is 0. The van der Waals surface area contributed by atoms with Crippen LogP contribution < -0.4 is 0 Å². The Morgan fingerprint density at radius 2 is 2.23 bits per heavy atom. The van der Waals surface area contributed by atoms with Gasteiger partial charge in [-0.1, -0.05) is 12.8 Å². The van der Waals surface area contributed by atoms with Gasteiger partial charge in [-0.15, -0.1) is 11.3 Å². The van der Waals surface area contributed by atoms with Crippen LogP contribution >= 0.6 is 11.3 Å². The highest BCUT2D eigenvalue weighted by Gasteiger charge is 2.26. The number of aliphatic hydroxyl groups excluding tert-OH is 1. The molecule has 1 atom stereocenters. The number of hydrogen-bond acceptors (Lipinski definition) is 3. The molecule has 0 radical (unpaired) electrons. The molecule has 0 bridgehead atoms. The summed E-state index contributed by atoms with van der Waals surface area (Å²) >= 11 is 1.63. The van der Waals surface area contributed by atoms with Crippen molar-refractivity contribution in [2.75, 3.05) is 0 Å². The predicted octanol–water partition coefficient (Wildman–Crippen LogP) is 2.59. The molecule has 1 heterocycles. The molecule has 13 heavy (non-hydrogen) atoms. The zero-order valence-electron chi connectivity index (χ0n) is 8.08. The Labute approximate surface area is 82.6 Å². The smallest absolute Gasteiger partial charge is 0.0903 e. The minimum absolute atomic E-state index is 0.265. The highest BCUT2D eigenvalue weighted by Crippen LogP contribution is 2.39. The zero-order chi connectivity index (χ0) is 9.42. The minimum atomic E-state index is -0.265. The first-order valence-corrected chi connectivity index (χ1v) is 5.60. The van der Waals surface area contributed by atoms with Crippen molar-refractivity contribution in [3.8, 4) is 0 Å². The van der Waals surface area contributed by atoms with E-state index in [2.05, 4.69) is 4.98 Å². The van der Waals surface area contributed by atoms with Crippen LogP contribution in [-0.2, 0) is 0 Å². The van der Waals surface area contributed by atoms with Crippen LogP contribution in [-0.4, -0.2) is 10.1 Å². The summed E-state index contributed by atoms with van der Waals surface area (Å²) in [5, 5.41) is 11.0. The van der Waals surface area contributed by atoms with E-state index in [1.165, 1.54) is 12.8 Å². The van der Waals surface area contributed by atoms with Crippen molar-refractivity contribution in [1.29, 1.82) is 0 Å². The van der Waals surface area contributed by atoms with E-state index in [0.29, 0.717) is 0 Å². The Bertz CT molecular complexity index is 304. The summed E-state index contributed by atoms with van der Waals surface area (Å²) in [6, 6.07) is 0. The maximum atomic E-state index is 9.90. The molecule has 1 aliphatic carbocycles. The van der Waals surface area contributed by atoms with Crippen LogP contribution in [0.15, 0.2) is 0 Å². The number of aromatic nitrogens is 1. The van der Waals surface area contributed by atoms with Crippen LogP contribution in [0.5, 0.6) is 0 Å². The molecule has 0 aromatic carbocycles. The van der Waals surface area contributed by atoms with Crippen LogP contribution in [0.2, 0.25) is 0 Å². The molecule has 1 unspecified atom stereocenters. The molecule has 1 fully saturated rings. The Balaban J connectivity index is 2.08. The first-order chi connectivity index (χ1) is 6.16. The van der Waals surface area contributed by atoms with Gasteiger partial charge in [0.25, 0.3) is 0 Å². The molecule has 3 heteroatoms. The molecular formula is C10H15NOS. The highest BCUT2D eigenvalue weighted by atomic mass is 32.1. The van der Waals surface area contributed by atoms with E-state index in [-0.39, 0.29) is 6.10 Å². The van der Waals surface area contributed by atoms with Gasteiger partial charge < -0.3 is 5.11 Å². The number of aliphatic hydroxyl groups is 1. The molecular weight excluding hydrogens is 182 g/mol. The molecule has 2 rings (SSSR count). The number of hydrogen-bond donors (Lipinski definition) is 1. The van der Waals surface area contributed by atoms with Crippen molar-refractivity contribution in [2.24, 2.45) is 5.92 Å². The number of aryl methyl sites for hydroxylation is 2. The second-order valence-electron chi connectivity index (χ2n) is 3.88. The average molecular weight is 197 g/mol.